The van der Waals surface area contributed by atoms with Gasteiger partial charge in [0.25, 0.3) is 5.91 Å². The molecule has 5 rings (SSSR count). The first kappa shape index (κ1) is 36.7. The monoisotopic (exact) mass is 732 g/mol. The Bertz CT molecular complexity index is 1870. The maximum absolute atomic E-state index is 13.3. The Kier molecular flexibility index (Phi) is 11.2. The van der Waals surface area contributed by atoms with Crippen molar-refractivity contribution in [2.24, 2.45) is 5.92 Å². The van der Waals surface area contributed by atoms with E-state index in [0.29, 0.717) is 16.8 Å². The van der Waals surface area contributed by atoms with Gasteiger partial charge in [-0.2, -0.15) is 28.1 Å². The zero-order valence-electron chi connectivity index (χ0n) is 26.7. The van der Waals surface area contributed by atoms with Crippen LogP contribution in [-0.2, 0) is 15.1 Å². The van der Waals surface area contributed by atoms with Gasteiger partial charge in [0.2, 0.25) is 11.9 Å². The third kappa shape index (κ3) is 10.7. The third-order valence-corrected chi connectivity index (χ3v) is 7.68. The van der Waals surface area contributed by atoms with Crippen molar-refractivity contribution in [1.82, 2.24) is 25.6 Å². The molecule has 1 saturated carbocycles. The number of halogens is 6. The summed E-state index contributed by atoms with van der Waals surface area (Å²) in [5, 5.41) is 13.8. The van der Waals surface area contributed by atoms with Crippen molar-refractivity contribution < 1.29 is 41.1 Å². The summed E-state index contributed by atoms with van der Waals surface area (Å²) in [5.41, 5.74) is 0.810. The van der Waals surface area contributed by atoms with E-state index in [0.717, 1.165) is 30.5 Å². The van der Waals surface area contributed by atoms with Gasteiger partial charge in [-0.25, -0.2) is 8.78 Å². The van der Waals surface area contributed by atoms with Gasteiger partial charge in [-0.05, 0) is 72.9 Å². The number of alkyl halides is 3. The summed E-state index contributed by atoms with van der Waals surface area (Å²) in [6.07, 6.45) is -3.18. The van der Waals surface area contributed by atoms with Crippen molar-refractivity contribution in [2.45, 2.75) is 31.5 Å². The van der Waals surface area contributed by atoms with Gasteiger partial charge in [0.05, 0.1) is 5.54 Å². The number of benzene rings is 3. The summed E-state index contributed by atoms with van der Waals surface area (Å²) in [4.78, 5) is 49.2. The number of hydrogen-bond donors (Lipinski definition) is 5. The van der Waals surface area contributed by atoms with E-state index in [9.17, 15) is 36.3 Å². The number of rotatable bonds is 13. The Balaban J connectivity index is 1.15. The molecule has 1 aliphatic carbocycles. The maximum atomic E-state index is 13.3. The minimum Gasteiger partial charge on any atom is -0.454 e. The lowest BCUT2D eigenvalue weighted by molar-refractivity contribution is -0.154. The molecule has 0 aliphatic heterocycles. The van der Waals surface area contributed by atoms with Gasteiger partial charge in [-0.1, -0.05) is 30.7 Å². The number of aromatic nitrogens is 3. The van der Waals surface area contributed by atoms with Gasteiger partial charge in [-0.15, -0.1) is 0 Å². The van der Waals surface area contributed by atoms with Crippen molar-refractivity contribution >= 4 is 52.6 Å². The number of carbonyl (C=O) groups excluding carboxylic acids is 3. The molecule has 268 valence electrons. The zero-order valence-corrected chi connectivity index (χ0v) is 27.5. The minimum absolute atomic E-state index is 0.00513. The van der Waals surface area contributed by atoms with Crippen LogP contribution < -0.4 is 31.3 Å². The van der Waals surface area contributed by atoms with Crippen LogP contribution in [0.1, 0.15) is 35.7 Å². The quantitative estimate of drug-likeness (QED) is 0.0858. The lowest BCUT2D eigenvalue weighted by Crippen LogP contribution is -2.40. The molecule has 0 radical (unpaired) electrons. The van der Waals surface area contributed by atoms with Gasteiger partial charge in [-0.3, -0.25) is 14.4 Å². The van der Waals surface area contributed by atoms with Crippen molar-refractivity contribution in [2.75, 3.05) is 35.6 Å². The van der Waals surface area contributed by atoms with Crippen molar-refractivity contribution in [3.8, 4) is 6.01 Å². The molecule has 12 nitrogen and oxygen atoms in total. The molecule has 51 heavy (non-hydrogen) atoms. The number of nitrogens with one attached hydrogen (secondary N) is 5. The van der Waals surface area contributed by atoms with E-state index in [1.54, 1.807) is 19.1 Å². The number of nitrogens with zero attached hydrogens (tertiary/aromatic N) is 3. The molecule has 0 saturated heterocycles. The molecule has 18 heteroatoms. The molecule has 0 bridgehead atoms. The number of amides is 3. The Morgan fingerprint density at radius 2 is 1.47 bits per heavy atom. The van der Waals surface area contributed by atoms with Crippen LogP contribution >= 0.6 is 11.6 Å². The molecule has 1 unspecified atom stereocenters. The van der Waals surface area contributed by atoms with Crippen LogP contribution in [0.25, 0.3) is 0 Å². The van der Waals surface area contributed by atoms with Gasteiger partial charge in [0.15, 0.2) is 6.61 Å². The van der Waals surface area contributed by atoms with E-state index >= 15 is 0 Å². The number of carbonyl (C=O) groups is 3. The summed E-state index contributed by atoms with van der Waals surface area (Å²) in [5.74, 6) is -4.88. The van der Waals surface area contributed by atoms with Crippen LogP contribution in [0.4, 0.5) is 45.2 Å². The molecule has 4 aromatic rings. The van der Waals surface area contributed by atoms with E-state index in [-0.39, 0.29) is 42.2 Å². The Hall–Kier alpha value is -5.58. The van der Waals surface area contributed by atoms with E-state index in [2.05, 4.69) is 41.5 Å². The van der Waals surface area contributed by atoms with Crippen LogP contribution in [-0.4, -0.2) is 58.5 Å². The summed E-state index contributed by atoms with van der Waals surface area (Å²) >= 11 is 6.01. The Morgan fingerprint density at radius 1 is 0.843 bits per heavy atom. The minimum atomic E-state index is -4.62. The van der Waals surface area contributed by atoms with E-state index in [1.807, 2.05) is 12.1 Å². The first-order chi connectivity index (χ1) is 24.2. The summed E-state index contributed by atoms with van der Waals surface area (Å²) in [6.45, 7) is 0.222. The lowest BCUT2D eigenvalue weighted by atomic mass is 10.1. The molecule has 3 amide bonds. The molecule has 1 aliphatic rings. The SMILES string of the molecule is CC(CNC(=O)C(=O)Nc1cc(F)cc(F)c1)CNC(=O)c1ccc(Nc2nc(NC3(c4ccc(Cl)cc4)CC3)nc(OCC(F)(F)F)n2)cc1. The molecular formula is C33H30ClF5N8O4. The molecule has 5 N–H and O–H groups in total. The molecule has 0 spiro atoms. The van der Waals surface area contributed by atoms with Crippen LogP contribution in [0.15, 0.2) is 66.7 Å². The molecular weight excluding hydrogens is 703 g/mol. The predicted molar refractivity (Wildman–Crippen MR) is 177 cm³/mol. The molecule has 1 atom stereocenters. The topological polar surface area (TPSA) is 159 Å². The highest BCUT2D eigenvalue weighted by molar-refractivity contribution is 6.39. The fourth-order valence-corrected chi connectivity index (χ4v) is 4.84. The van der Waals surface area contributed by atoms with Crippen LogP contribution in [0.2, 0.25) is 5.02 Å². The van der Waals surface area contributed by atoms with E-state index in [1.165, 1.54) is 24.3 Å². The maximum Gasteiger partial charge on any atom is 0.422 e. The Morgan fingerprint density at radius 3 is 2.10 bits per heavy atom. The highest BCUT2D eigenvalue weighted by atomic mass is 35.5. The normalized spacial score (nSPS) is 13.8. The van der Waals surface area contributed by atoms with Crippen LogP contribution in [0.3, 0.4) is 0 Å². The number of ether oxygens (including phenoxy) is 1. The molecule has 3 aromatic carbocycles. The highest BCUT2D eigenvalue weighted by Crippen LogP contribution is 2.48. The molecule has 1 heterocycles. The fourth-order valence-electron chi connectivity index (χ4n) is 4.71. The van der Waals surface area contributed by atoms with Crippen LogP contribution in [0, 0.1) is 17.6 Å². The highest BCUT2D eigenvalue weighted by Gasteiger charge is 2.45. The zero-order chi connectivity index (χ0) is 36.8. The van der Waals surface area contributed by atoms with E-state index in [4.69, 9.17) is 16.3 Å². The first-order valence-corrected chi connectivity index (χ1v) is 15.7. The van der Waals surface area contributed by atoms with Gasteiger partial charge in [0, 0.05) is 41.1 Å². The standard InChI is InChI=1S/C33H30ClF5N8O4/c1-18(16-41-27(49)28(50)42-25-13-22(35)12-23(36)14-25)15-40-26(48)19-2-8-24(9-3-19)43-29-44-30(46-31(45-29)51-17-33(37,38)39)47-32(10-11-32)20-4-6-21(34)7-5-20/h2-9,12-14,18H,10-11,15-17H2,1H3,(H,40,48)(H,41,49)(H,42,50)(H2,43,44,45,46,47). The van der Waals surface area contributed by atoms with Crippen LogP contribution in [0.5, 0.6) is 6.01 Å². The summed E-state index contributed by atoms with van der Waals surface area (Å²) in [7, 11) is 0. The fraction of sp³-hybridized carbons (Fsp3) is 0.273. The lowest BCUT2D eigenvalue weighted by Gasteiger charge is -2.19. The third-order valence-electron chi connectivity index (χ3n) is 7.43. The second-order valence-corrected chi connectivity index (χ2v) is 12.2. The average Bonchev–Trinajstić information content (AvgIpc) is 3.85. The summed E-state index contributed by atoms with van der Waals surface area (Å²) < 4.78 is 70.1. The van der Waals surface area contributed by atoms with Gasteiger partial charge < -0.3 is 31.3 Å². The largest absolute Gasteiger partial charge is 0.454 e. The van der Waals surface area contributed by atoms with Gasteiger partial charge in [0.1, 0.15) is 11.6 Å². The number of anilines is 4. The van der Waals surface area contributed by atoms with Crippen molar-refractivity contribution in [1.29, 1.82) is 0 Å². The molecule has 1 fully saturated rings. The van der Waals surface area contributed by atoms with E-state index < -0.39 is 53.7 Å². The second kappa shape index (κ2) is 15.5. The second-order valence-electron chi connectivity index (χ2n) is 11.7. The van der Waals surface area contributed by atoms with Crippen molar-refractivity contribution in [3.63, 3.8) is 0 Å². The first-order valence-electron chi connectivity index (χ1n) is 15.4. The molecule has 1 aromatic heterocycles. The smallest absolute Gasteiger partial charge is 0.422 e. The Labute approximate surface area is 292 Å². The van der Waals surface area contributed by atoms with Gasteiger partial charge >= 0.3 is 24.0 Å². The summed E-state index contributed by atoms with van der Waals surface area (Å²) in [6, 6.07) is 15.0. The van der Waals surface area contributed by atoms with Crippen molar-refractivity contribution in [3.05, 3.63) is 94.5 Å². The predicted octanol–water partition coefficient (Wildman–Crippen LogP) is 5.71. The average molecular weight is 733 g/mol. The number of hydrogen-bond acceptors (Lipinski definition) is 9.